The van der Waals surface area contributed by atoms with Crippen molar-refractivity contribution < 1.29 is 0 Å². The van der Waals surface area contributed by atoms with Crippen LogP contribution in [0.3, 0.4) is 0 Å². The van der Waals surface area contributed by atoms with E-state index in [9.17, 15) is 0 Å². The Morgan fingerprint density at radius 1 is 1.33 bits per heavy atom. The molecule has 0 heterocycles. The zero-order valence-corrected chi connectivity index (χ0v) is 7.05. The molecule has 0 aromatic heterocycles. The van der Waals surface area contributed by atoms with Crippen molar-refractivity contribution in [1.82, 2.24) is 0 Å². The van der Waals surface area contributed by atoms with Crippen molar-refractivity contribution in [2.45, 2.75) is 0 Å². The molecule has 1 rings (SSSR count). The van der Waals surface area contributed by atoms with Gasteiger partial charge in [-0.15, -0.1) is 0 Å². The number of nitrogens with one attached hydrogen (secondary N) is 1. The van der Waals surface area contributed by atoms with Crippen LogP contribution in [0.4, 0.5) is 5.69 Å². The lowest BCUT2D eigenvalue weighted by Crippen LogP contribution is -1.84. The maximum Gasteiger partial charge on any atom is 0.0927 e. The molecule has 1 aromatic rings. The van der Waals surface area contributed by atoms with Crippen molar-refractivity contribution in [1.29, 1.82) is 5.26 Å². The summed E-state index contributed by atoms with van der Waals surface area (Å²) in [5, 5.41) is 11.8. The second kappa shape index (κ2) is 4.42. The summed E-state index contributed by atoms with van der Waals surface area (Å²) in [5.41, 5.74) is 0.908. The first kappa shape index (κ1) is 8.63. The number of nitrogens with zero attached hydrogens (tertiary/aromatic N) is 1. The van der Waals surface area contributed by atoms with Gasteiger partial charge in [-0.25, -0.2) is 0 Å². The fourth-order valence-corrected chi connectivity index (χ4v) is 0.847. The minimum Gasteiger partial charge on any atom is -0.361 e. The summed E-state index contributed by atoms with van der Waals surface area (Å²) in [7, 11) is 0. The van der Waals surface area contributed by atoms with Gasteiger partial charge in [0.25, 0.3) is 0 Å². The topological polar surface area (TPSA) is 35.8 Å². The van der Waals surface area contributed by atoms with Crippen LogP contribution in [0.2, 0.25) is 5.02 Å². The third-order valence-electron chi connectivity index (χ3n) is 1.25. The molecule has 60 valence electrons. The average molecular weight is 179 g/mol. The second-order valence-corrected chi connectivity index (χ2v) is 2.55. The van der Waals surface area contributed by atoms with E-state index in [1.54, 1.807) is 18.3 Å². The summed E-state index contributed by atoms with van der Waals surface area (Å²) >= 11 is 5.67. The Balaban J connectivity index is 2.60. The fraction of sp³-hybridized carbons (Fsp3) is 0. The molecule has 0 aliphatic rings. The van der Waals surface area contributed by atoms with Gasteiger partial charge in [-0.3, -0.25) is 0 Å². The number of anilines is 1. The highest BCUT2D eigenvalue weighted by Gasteiger charge is 1.87. The number of halogens is 1. The zero-order chi connectivity index (χ0) is 8.81. The van der Waals surface area contributed by atoms with Crippen LogP contribution in [-0.2, 0) is 0 Å². The Kier molecular flexibility index (Phi) is 3.18. The molecule has 1 aromatic carbocycles. The lowest BCUT2D eigenvalue weighted by Gasteiger charge is -1.98. The van der Waals surface area contributed by atoms with Crippen molar-refractivity contribution in [2.75, 3.05) is 5.32 Å². The van der Waals surface area contributed by atoms with Crippen LogP contribution in [0.1, 0.15) is 0 Å². The van der Waals surface area contributed by atoms with E-state index < -0.39 is 0 Å². The van der Waals surface area contributed by atoms with Gasteiger partial charge in [0.1, 0.15) is 0 Å². The Morgan fingerprint density at radius 2 is 2.00 bits per heavy atom. The Hall–Kier alpha value is -1.46. The number of nitriles is 1. The van der Waals surface area contributed by atoms with Crippen LogP contribution in [0.25, 0.3) is 0 Å². The van der Waals surface area contributed by atoms with Gasteiger partial charge in [-0.2, -0.15) is 5.26 Å². The van der Waals surface area contributed by atoms with Gasteiger partial charge in [-0.05, 0) is 24.3 Å². The number of hydrogen-bond donors (Lipinski definition) is 1. The zero-order valence-electron chi connectivity index (χ0n) is 6.29. The summed E-state index contributed by atoms with van der Waals surface area (Å²) in [6, 6.07) is 9.12. The molecule has 0 unspecified atom stereocenters. The molecule has 0 saturated heterocycles. The second-order valence-electron chi connectivity index (χ2n) is 2.11. The van der Waals surface area contributed by atoms with Crippen molar-refractivity contribution in [3.63, 3.8) is 0 Å². The van der Waals surface area contributed by atoms with E-state index in [0.717, 1.165) is 5.69 Å². The molecular weight excluding hydrogens is 172 g/mol. The monoisotopic (exact) mass is 178 g/mol. The summed E-state index contributed by atoms with van der Waals surface area (Å²) < 4.78 is 0. The number of benzene rings is 1. The van der Waals surface area contributed by atoms with Crippen molar-refractivity contribution in [3.05, 3.63) is 41.6 Å². The quantitative estimate of drug-likeness (QED) is 0.707. The maximum absolute atomic E-state index is 8.19. The molecule has 0 amide bonds. The van der Waals surface area contributed by atoms with E-state index >= 15 is 0 Å². The molecular formula is C9H7ClN2. The van der Waals surface area contributed by atoms with Gasteiger partial charge >= 0.3 is 0 Å². The van der Waals surface area contributed by atoms with Crippen LogP contribution >= 0.6 is 11.6 Å². The van der Waals surface area contributed by atoms with Gasteiger partial charge in [0, 0.05) is 23.0 Å². The number of allylic oxidation sites excluding steroid dienone is 1. The predicted molar refractivity (Wildman–Crippen MR) is 49.8 cm³/mol. The number of rotatable bonds is 2. The highest BCUT2D eigenvalue weighted by molar-refractivity contribution is 6.30. The van der Waals surface area contributed by atoms with Gasteiger partial charge in [0.15, 0.2) is 0 Å². The van der Waals surface area contributed by atoms with Gasteiger partial charge in [-0.1, -0.05) is 11.6 Å². The maximum atomic E-state index is 8.19. The first-order chi connectivity index (χ1) is 5.83. The van der Waals surface area contributed by atoms with Crippen LogP contribution in [-0.4, -0.2) is 0 Å². The predicted octanol–water partition coefficient (Wildman–Crippen LogP) is 2.79. The molecule has 0 bridgehead atoms. The fourth-order valence-electron chi connectivity index (χ4n) is 0.721. The van der Waals surface area contributed by atoms with E-state index in [1.165, 1.54) is 6.08 Å². The van der Waals surface area contributed by atoms with E-state index in [0.29, 0.717) is 5.02 Å². The SMILES string of the molecule is N#CC=CNc1ccc(Cl)cc1. The lowest BCUT2D eigenvalue weighted by atomic mass is 10.3. The minimum absolute atomic E-state index is 0.699. The third-order valence-corrected chi connectivity index (χ3v) is 1.50. The van der Waals surface area contributed by atoms with Crippen LogP contribution < -0.4 is 5.32 Å². The first-order valence-electron chi connectivity index (χ1n) is 3.39. The molecule has 0 radical (unpaired) electrons. The van der Waals surface area contributed by atoms with Gasteiger partial charge in [0.2, 0.25) is 0 Å². The van der Waals surface area contributed by atoms with Crippen molar-refractivity contribution in [3.8, 4) is 6.07 Å². The Labute approximate surface area is 76.1 Å². The van der Waals surface area contributed by atoms with E-state index in [-0.39, 0.29) is 0 Å². The van der Waals surface area contributed by atoms with Crippen LogP contribution in [0, 0.1) is 11.3 Å². The summed E-state index contributed by atoms with van der Waals surface area (Å²) in [6.07, 6.45) is 2.94. The summed E-state index contributed by atoms with van der Waals surface area (Å²) in [5.74, 6) is 0. The standard InChI is InChI=1S/C9H7ClN2/c10-8-2-4-9(5-3-8)12-7-1-6-11/h1-5,7,12H. The molecule has 0 atom stereocenters. The number of hydrogen-bond acceptors (Lipinski definition) is 2. The molecule has 0 fully saturated rings. The smallest absolute Gasteiger partial charge is 0.0927 e. The van der Waals surface area contributed by atoms with Crippen LogP contribution in [0.15, 0.2) is 36.5 Å². The Morgan fingerprint density at radius 3 is 2.58 bits per heavy atom. The van der Waals surface area contributed by atoms with Crippen molar-refractivity contribution in [2.24, 2.45) is 0 Å². The molecule has 1 N–H and O–H groups in total. The Bertz CT molecular complexity index is 308. The highest BCUT2D eigenvalue weighted by Crippen LogP contribution is 2.12. The summed E-state index contributed by atoms with van der Waals surface area (Å²) in [6.45, 7) is 0. The van der Waals surface area contributed by atoms with E-state index in [2.05, 4.69) is 5.32 Å². The molecule has 3 heteroatoms. The molecule has 0 aliphatic carbocycles. The lowest BCUT2D eigenvalue weighted by molar-refractivity contribution is 1.52. The third kappa shape index (κ3) is 2.65. The normalized spacial score (nSPS) is 9.67. The summed E-state index contributed by atoms with van der Waals surface area (Å²) in [4.78, 5) is 0. The molecule has 0 spiro atoms. The molecule has 12 heavy (non-hydrogen) atoms. The largest absolute Gasteiger partial charge is 0.361 e. The van der Waals surface area contributed by atoms with Gasteiger partial charge < -0.3 is 5.32 Å². The molecule has 2 nitrogen and oxygen atoms in total. The van der Waals surface area contributed by atoms with E-state index in [1.807, 2.05) is 18.2 Å². The average Bonchev–Trinajstić information content (AvgIpc) is 2.09. The highest BCUT2D eigenvalue weighted by atomic mass is 35.5. The first-order valence-corrected chi connectivity index (χ1v) is 3.77. The van der Waals surface area contributed by atoms with Crippen molar-refractivity contribution >= 4 is 17.3 Å². The molecule has 0 saturated carbocycles. The molecule has 0 aliphatic heterocycles. The minimum atomic E-state index is 0.699. The van der Waals surface area contributed by atoms with Gasteiger partial charge in [0.05, 0.1) is 6.07 Å². The van der Waals surface area contributed by atoms with E-state index in [4.69, 9.17) is 16.9 Å². The van der Waals surface area contributed by atoms with Crippen LogP contribution in [0.5, 0.6) is 0 Å².